The lowest BCUT2D eigenvalue weighted by Crippen LogP contribution is -2.15. The Hall–Kier alpha value is -2.19. The summed E-state index contributed by atoms with van der Waals surface area (Å²) in [5, 5.41) is -0.0141. The van der Waals surface area contributed by atoms with E-state index in [1.54, 1.807) is 0 Å². The minimum absolute atomic E-state index is 0.00703. The number of halogens is 5. The number of methoxy groups -OCH3 is 1. The van der Waals surface area contributed by atoms with Gasteiger partial charge in [0.25, 0.3) is 0 Å². The van der Waals surface area contributed by atoms with Crippen LogP contribution in [0.25, 0.3) is 0 Å². The van der Waals surface area contributed by atoms with E-state index < -0.39 is 29.2 Å². The fourth-order valence-electron chi connectivity index (χ4n) is 1.78. The zero-order chi connectivity index (χ0) is 18.1. The van der Waals surface area contributed by atoms with Crippen molar-refractivity contribution in [1.29, 1.82) is 0 Å². The van der Waals surface area contributed by atoms with Crippen molar-refractivity contribution in [2.24, 2.45) is 0 Å². The highest BCUT2D eigenvalue weighted by Gasteiger charge is 2.36. The van der Waals surface area contributed by atoms with E-state index in [2.05, 4.69) is 9.72 Å². The van der Waals surface area contributed by atoms with Crippen LogP contribution in [0.15, 0.2) is 24.4 Å². The molecule has 1 heterocycles. The molecule has 2 aromatic rings. The SMILES string of the molecule is COC(=O)c1cnc(Oc2c(Cl)cc(N)cc2Cl)cc1C(F)(F)F. The van der Waals surface area contributed by atoms with Crippen LogP contribution in [-0.4, -0.2) is 18.1 Å². The zero-order valence-corrected chi connectivity index (χ0v) is 13.5. The van der Waals surface area contributed by atoms with Crippen LogP contribution in [0.5, 0.6) is 11.6 Å². The van der Waals surface area contributed by atoms with Crippen LogP contribution in [0.2, 0.25) is 10.0 Å². The molecule has 24 heavy (non-hydrogen) atoms. The maximum atomic E-state index is 13.1. The quantitative estimate of drug-likeness (QED) is 0.623. The molecule has 0 radical (unpaired) electrons. The van der Waals surface area contributed by atoms with Crippen LogP contribution in [-0.2, 0) is 10.9 Å². The molecule has 0 saturated heterocycles. The van der Waals surface area contributed by atoms with Gasteiger partial charge in [0.05, 0.1) is 28.3 Å². The summed E-state index contributed by atoms with van der Waals surface area (Å²) in [6.45, 7) is 0. The summed E-state index contributed by atoms with van der Waals surface area (Å²) in [6, 6.07) is 3.18. The molecule has 128 valence electrons. The molecule has 0 unspecified atom stereocenters. The third-order valence-electron chi connectivity index (χ3n) is 2.82. The van der Waals surface area contributed by atoms with Crippen LogP contribution in [0.3, 0.4) is 0 Å². The van der Waals surface area contributed by atoms with Gasteiger partial charge in [-0.2, -0.15) is 13.2 Å². The van der Waals surface area contributed by atoms with Gasteiger partial charge in [-0.05, 0) is 12.1 Å². The fraction of sp³-hybridized carbons (Fsp3) is 0.143. The van der Waals surface area contributed by atoms with Crippen molar-refractivity contribution >= 4 is 34.9 Å². The number of carbonyl (C=O) groups excluding carboxylic acids is 1. The Morgan fingerprint density at radius 2 is 1.79 bits per heavy atom. The number of ether oxygens (including phenoxy) is 2. The summed E-state index contributed by atoms with van der Waals surface area (Å²) in [5.41, 5.74) is 3.78. The van der Waals surface area contributed by atoms with Gasteiger partial charge in [0.2, 0.25) is 5.88 Å². The Morgan fingerprint density at radius 3 is 2.29 bits per heavy atom. The molecule has 5 nitrogen and oxygen atoms in total. The van der Waals surface area contributed by atoms with E-state index in [9.17, 15) is 18.0 Å². The Morgan fingerprint density at radius 1 is 1.21 bits per heavy atom. The molecule has 10 heteroatoms. The van der Waals surface area contributed by atoms with Gasteiger partial charge >= 0.3 is 12.1 Å². The first-order valence-corrected chi connectivity index (χ1v) is 6.97. The van der Waals surface area contributed by atoms with Crippen LogP contribution in [0, 0.1) is 0 Å². The predicted molar refractivity (Wildman–Crippen MR) is 81.5 cm³/mol. The highest BCUT2D eigenvalue weighted by molar-refractivity contribution is 6.37. The fourth-order valence-corrected chi connectivity index (χ4v) is 2.36. The lowest BCUT2D eigenvalue weighted by molar-refractivity contribution is -0.138. The number of nitrogens with two attached hydrogens (primary N) is 1. The zero-order valence-electron chi connectivity index (χ0n) is 11.9. The van der Waals surface area contributed by atoms with Crippen molar-refractivity contribution in [3.63, 3.8) is 0 Å². The molecule has 0 amide bonds. The Bertz CT molecular complexity index is 774. The van der Waals surface area contributed by atoms with Gasteiger partial charge < -0.3 is 15.2 Å². The molecular formula is C14H9Cl2F3N2O3. The van der Waals surface area contributed by atoms with Crippen molar-refractivity contribution in [1.82, 2.24) is 4.98 Å². The molecule has 0 bridgehead atoms. The topological polar surface area (TPSA) is 74.4 Å². The molecule has 0 atom stereocenters. The summed E-state index contributed by atoms with van der Waals surface area (Å²) >= 11 is 11.8. The van der Waals surface area contributed by atoms with E-state index in [0.717, 1.165) is 7.11 Å². The minimum atomic E-state index is -4.82. The third kappa shape index (κ3) is 3.82. The summed E-state index contributed by atoms with van der Waals surface area (Å²) in [5.74, 6) is -1.74. The van der Waals surface area contributed by atoms with Crippen LogP contribution in [0.1, 0.15) is 15.9 Å². The van der Waals surface area contributed by atoms with Crippen molar-refractivity contribution in [2.45, 2.75) is 6.18 Å². The average Bonchev–Trinajstić information content (AvgIpc) is 2.49. The molecule has 0 spiro atoms. The monoisotopic (exact) mass is 380 g/mol. The smallest absolute Gasteiger partial charge is 0.417 e. The lowest BCUT2D eigenvalue weighted by atomic mass is 10.1. The number of hydrogen-bond donors (Lipinski definition) is 1. The van der Waals surface area contributed by atoms with Crippen LogP contribution in [0.4, 0.5) is 18.9 Å². The van der Waals surface area contributed by atoms with Gasteiger partial charge in [-0.15, -0.1) is 0 Å². The number of anilines is 1. The first-order chi connectivity index (χ1) is 11.1. The second kappa shape index (κ2) is 6.74. The Kier molecular flexibility index (Phi) is 5.10. The van der Waals surface area contributed by atoms with Crippen LogP contribution >= 0.6 is 23.2 Å². The number of aromatic nitrogens is 1. The van der Waals surface area contributed by atoms with E-state index >= 15 is 0 Å². The molecular weight excluding hydrogens is 372 g/mol. The number of hydrogen-bond acceptors (Lipinski definition) is 5. The van der Waals surface area contributed by atoms with Crippen molar-refractivity contribution in [2.75, 3.05) is 12.8 Å². The highest BCUT2D eigenvalue weighted by Crippen LogP contribution is 2.39. The first-order valence-electron chi connectivity index (χ1n) is 6.21. The highest BCUT2D eigenvalue weighted by atomic mass is 35.5. The van der Waals surface area contributed by atoms with E-state index in [0.29, 0.717) is 12.3 Å². The molecule has 1 aromatic carbocycles. The maximum Gasteiger partial charge on any atom is 0.417 e. The lowest BCUT2D eigenvalue weighted by Gasteiger charge is -2.14. The normalized spacial score (nSPS) is 11.2. The van der Waals surface area contributed by atoms with Gasteiger partial charge in [-0.25, -0.2) is 9.78 Å². The van der Waals surface area contributed by atoms with Crippen LogP contribution < -0.4 is 10.5 Å². The number of nitrogen functional groups attached to an aromatic ring is 1. The number of benzene rings is 1. The van der Waals surface area contributed by atoms with E-state index in [1.165, 1.54) is 12.1 Å². The maximum absolute atomic E-state index is 13.1. The molecule has 0 aliphatic heterocycles. The summed E-state index contributed by atoms with van der Waals surface area (Å²) < 4.78 is 48.9. The van der Waals surface area contributed by atoms with Gasteiger partial charge in [-0.3, -0.25) is 0 Å². The van der Waals surface area contributed by atoms with Gasteiger partial charge in [0.1, 0.15) is 0 Å². The second-order valence-electron chi connectivity index (χ2n) is 4.47. The van der Waals surface area contributed by atoms with Crippen molar-refractivity contribution in [3.8, 4) is 11.6 Å². The molecule has 0 saturated carbocycles. The van der Waals surface area contributed by atoms with Gasteiger partial charge in [0, 0.05) is 18.0 Å². The van der Waals surface area contributed by atoms with Gasteiger partial charge in [-0.1, -0.05) is 23.2 Å². The van der Waals surface area contributed by atoms with Crippen molar-refractivity contribution in [3.05, 3.63) is 45.6 Å². The van der Waals surface area contributed by atoms with E-state index in [4.69, 9.17) is 33.7 Å². The summed E-state index contributed by atoms with van der Waals surface area (Å²) in [7, 11) is 0.959. The van der Waals surface area contributed by atoms with Gasteiger partial charge in [0.15, 0.2) is 5.75 Å². The number of alkyl halides is 3. The second-order valence-corrected chi connectivity index (χ2v) is 5.29. The van der Waals surface area contributed by atoms with E-state index in [1.807, 2.05) is 0 Å². The molecule has 0 aliphatic rings. The number of carbonyl (C=O) groups is 1. The summed E-state index contributed by atoms with van der Waals surface area (Å²) in [4.78, 5) is 15.1. The molecule has 0 fully saturated rings. The largest absolute Gasteiger partial charge is 0.465 e. The number of pyridine rings is 1. The summed E-state index contributed by atoms with van der Waals surface area (Å²) in [6.07, 6.45) is -4.12. The number of nitrogens with zero attached hydrogens (tertiary/aromatic N) is 1. The molecule has 1 aromatic heterocycles. The predicted octanol–water partition coefficient (Wildman–Crippen LogP) is 4.57. The van der Waals surface area contributed by atoms with E-state index in [-0.39, 0.29) is 21.5 Å². The number of esters is 1. The molecule has 2 N–H and O–H groups in total. The standard InChI is InChI=1S/C14H9Cl2F3N2O3/c1-23-13(22)7-5-21-11(4-8(7)14(17,18)19)24-12-9(15)2-6(20)3-10(12)16/h2-5H,20H2,1H3. The number of rotatable bonds is 3. The van der Waals surface area contributed by atoms with Crippen molar-refractivity contribution < 1.29 is 27.4 Å². The third-order valence-corrected chi connectivity index (χ3v) is 3.38. The Balaban J connectivity index is 2.48. The molecule has 2 rings (SSSR count). The first kappa shape index (κ1) is 18.2. The average molecular weight is 381 g/mol. The minimum Gasteiger partial charge on any atom is -0.465 e. The Labute approximate surface area is 144 Å². The molecule has 0 aliphatic carbocycles.